The highest BCUT2D eigenvalue weighted by atomic mass is 79.9. The van der Waals surface area contributed by atoms with Gasteiger partial charge >= 0.3 is 0 Å². The fourth-order valence-electron chi connectivity index (χ4n) is 2.62. The number of halogens is 1. The number of piperidine rings is 1. The van der Waals surface area contributed by atoms with Crippen LogP contribution < -0.4 is 5.73 Å². The first kappa shape index (κ1) is 12.9. The topological polar surface area (TPSA) is 29.3 Å². The van der Waals surface area contributed by atoms with E-state index in [0.717, 1.165) is 22.6 Å². The largest absolute Gasteiger partial charge is 0.398 e. The molecule has 2 rings (SSSR count). The van der Waals surface area contributed by atoms with E-state index in [2.05, 4.69) is 46.8 Å². The molecule has 94 valence electrons. The smallest absolute Gasteiger partial charge is 0.0371 e. The van der Waals surface area contributed by atoms with E-state index in [9.17, 15) is 0 Å². The van der Waals surface area contributed by atoms with Gasteiger partial charge in [-0.05, 0) is 49.9 Å². The number of nitrogens with zero attached hydrogens (tertiary/aromatic N) is 1. The predicted octanol–water partition coefficient (Wildman–Crippen LogP) is 3.65. The van der Waals surface area contributed by atoms with Gasteiger partial charge in [-0.15, -0.1) is 0 Å². The van der Waals surface area contributed by atoms with Crippen molar-refractivity contribution < 1.29 is 0 Å². The molecule has 0 amide bonds. The zero-order valence-electron chi connectivity index (χ0n) is 10.6. The minimum atomic E-state index is 0.668. The van der Waals surface area contributed by atoms with E-state index in [1.165, 1.54) is 24.9 Å². The third kappa shape index (κ3) is 3.23. The minimum absolute atomic E-state index is 0.668. The van der Waals surface area contributed by atoms with Gasteiger partial charge in [-0.2, -0.15) is 0 Å². The molecule has 0 spiro atoms. The van der Waals surface area contributed by atoms with Gasteiger partial charge in [-0.25, -0.2) is 0 Å². The van der Waals surface area contributed by atoms with Crippen molar-refractivity contribution in [2.75, 3.05) is 12.3 Å². The minimum Gasteiger partial charge on any atom is -0.398 e. The molecule has 1 aromatic carbocycles. The molecule has 1 saturated heterocycles. The van der Waals surface area contributed by atoms with E-state index in [-0.39, 0.29) is 0 Å². The maximum atomic E-state index is 6.05. The van der Waals surface area contributed by atoms with Crippen LogP contribution in [0.25, 0.3) is 0 Å². The SMILES string of the molecule is CC1CCN(Cc2ccc(Br)cc2N)C(C)C1. The summed E-state index contributed by atoms with van der Waals surface area (Å²) in [5, 5.41) is 0. The second kappa shape index (κ2) is 5.40. The van der Waals surface area contributed by atoms with Crippen molar-refractivity contribution in [2.24, 2.45) is 5.92 Å². The zero-order chi connectivity index (χ0) is 12.4. The van der Waals surface area contributed by atoms with Crippen LogP contribution in [0.2, 0.25) is 0 Å². The van der Waals surface area contributed by atoms with Gasteiger partial charge in [-0.1, -0.05) is 28.9 Å². The number of rotatable bonds is 2. The Balaban J connectivity index is 2.05. The summed E-state index contributed by atoms with van der Waals surface area (Å²) in [5.74, 6) is 0.864. The molecule has 1 aliphatic rings. The third-order valence-electron chi connectivity index (χ3n) is 3.76. The summed E-state index contributed by atoms with van der Waals surface area (Å²) in [6.07, 6.45) is 2.61. The Hall–Kier alpha value is -0.540. The lowest BCUT2D eigenvalue weighted by molar-refractivity contribution is 0.122. The number of likely N-dealkylation sites (tertiary alicyclic amines) is 1. The average molecular weight is 297 g/mol. The van der Waals surface area contributed by atoms with Crippen LogP contribution in [0.4, 0.5) is 5.69 Å². The molecule has 2 unspecified atom stereocenters. The Bertz CT molecular complexity index is 392. The second-order valence-corrected chi connectivity index (χ2v) is 6.21. The average Bonchev–Trinajstić information content (AvgIpc) is 2.25. The van der Waals surface area contributed by atoms with E-state index in [4.69, 9.17) is 5.73 Å². The lowest BCUT2D eigenvalue weighted by Gasteiger charge is -2.36. The summed E-state index contributed by atoms with van der Waals surface area (Å²) in [6, 6.07) is 6.86. The predicted molar refractivity (Wildman–Crippen MR) is 76.8 cm³/mol. The van der Waals surface area contributed by atoms with Crippen LogP contribution in [0.1, 0.15) is 32.3 Å². The molecule has 0 saturated carbocycles. The Morgan fingerprint density at radius 3 is 2.82 bits per heavy atom. The van der Waals surface area contributed by atoms with Crippen molar-refractivity contribution in [1.82, 2.24) is 4.90 Å². The van der Waals surface area contributed by atoms with Crippen molar-refractivity contribution in [2.45, 2.75) is 39.3 Å². The number of hydrogen-bond acceptors (Lipinski definition) is 2. The second-order valence-electron chi connectivity index (χ2n) is 5.29. The van der Waals surface area contributed by atoms with Crippen LogP contribution in [0.15, 0.2) is 22.7 Å². The van der Waals surface area contributed by atoms with E-state index in [1.807, 2.05) is 6.07 Å². The molecule has 0 radical (unpaired) electrons. The molecule has 2 N–H and O–H groups in total. The van der Waals surface area contributed by atoms with Crippen LogP contribution in [0, 0.1) is 5.92 Å². The molecule has 2 nitrogen and oxygen atoms in total. The van der Waals surface area contributed by atoms with Crippen molar-refractivity contribution in [3.8, 4) is 0 Å². The monoisotopic (exact) mass is 296 g/mol. The van der Waals surface area contributed by atoms with Crippen LogP contribution in [-0.2, 0) is 6.54 Å². The fourth-order valence-corrected chi connectivity index (χ4v) is 3.00. The van der Waals surface area contributed by atoms with Gasteiger partial charge in [0.05, 0.1) is 0 Å². The number of nitrogens with two attached hydrogens (primary N) is 1. The quantitative estimate of drug-likeness (QED) is 0.844. The summed E-state index contributed by atoms with van der Waals surface area (Å²) in [5.41, 5.74) is 8.19. The van der Waals surface area contributed by atoms with Crippen LogP contribution >= 0.6 is 15.9 Å². The van der Waals surface area contributed by atoms with Crippen LogP contribution in [0.3, 0.4) is 0 Å². The number of nitrogen functional groups attached to an aromatic ring is 1. The lowest BCUT2D eigenvalue weighted by Crippen LogP contribution is -2.39. The van der Waals surface area contributed by atoms with Gasteiger partial charge in [0.2, 0.25) is 0 Å². The molecule has 17 heavy (non-hydrogen) atoms. The number of hydrogen-bond donors (Lipinski definition) is 1. The van der Waals surface area contributed by atoms with Gasteiger partial charge in [-0.3, -0.25) is 4.90 Å². The number of benzene rings is 1. The van der Waals surface area contributed by atoms with Gasteiger partial charge in [0.15, 0.2) is 0 Å². The highest BCUT2D eigenvalue weighted by Crippen LogP contribution is 2.26. The molecule has 0 aromatic heterocycles. The first-order valence-electron chi connectivity index (χ1n) is 6.34. The zero-order valence-corrected chi connectivity index (χ0v) is 12.2. The molecule has 2 atom stereocenters. The first-order valence-corrected chi connectivity index (χ1v) is 7.13. The lowest BCUT2D eigenvalue weighted by atomic mass is 9.93. The van der Waals surface area contributed by atoms with Gasteiger partial charge in [0.25, 0.3) is 0 Å². The molecule has 0 aliphatic carbocycles. The maximum absolute atomic E-state index is 6.05. The Kier molecular flexibility index (Phi) is 4.10. The third-order valence-corrected chi connectivity index (χ3v) is 4.25. The molecule has 0 bridgehead atoms. The summed E-state index contributed by atoms with van der Waals surface area (Å²) in [7, 11) is 0. The first-order chi connectivity index (χ1) is 8.06. The number of anilines is 1. The maximum Gasteiger partial charge on any atom is 0.0371 e. The van der Waals surface area contributed by atoms with Crippen LogP contribution in [0.5, 0.6) is 0 Å². The normalized spacial score (nSPS) is 26.1. The standard InChI is InChI=1S/C14H21BrN2/c1-10-5-6-17(11(2)7-10)9-12-3-4-13(15)8-14(12)16/h3-4,8,10-11H,5-7,9,16H2,1-2H3. The van der Waals surface area contributed by atoms with Crippen molar-refractivity contribution in [3.05, 3.63) is 28.2 Å². The van der Waals surface area contributed by atoms with Crippen LogP contribution in [-0.4, -0.2) is 17.5 Å². The van der Waals surface area contributed by atoms with Crippen molar-refractivity contribution >= 4 is 21.6 Å². The van der Waals surface area contributed by atoms with E-state index in [1.54, 1.807) is 0 Å². The van der Waals surface area contributed by atoms with Crippen molar-refractivity contribution in [3.63, 3.8) is 0 Å². The molecule has 1 aromatic rings. The highest BCUT2D eigenvalue weighted by molar-refractivity contribution is 9.10. The molecule has 1 aliphatic heterocycles. The molecular formula is C14H21BrN2. The van der Waals surface area contributed by atoms with Gasteiger partial charge in [0.1, 0.15) is 0 Å². The van der Waals surface area contributed by atoms with E-state index >= 15 is 0 Å². The van der Waals surface area contributed by atoms with Gasteiger partial charge < -0.3 is 5.73 Å². The Morgan fingerprint density at radius 1 is 1.41 bits per heavy atom. The Labute approximate surface area is 112 Å². The Morgan fingerprint density at radius 2 is 2.18 bits per heavy atom. The molecule has 1 heterocycles. The highest BCUT2D eigenvalue weighted by Gasteiger charge is 2.23. The van der Waals surface area contributed by atoms with E-state index in [0.29, 0.717) is 6.04 Å². The summed E-state index contributed by atoms with van der Waals surface area (Å²) in [6.45, 7) is 6.84. The fraction of sp³-hybridized carbons (Fsp3) is 0.571. The van der Waals surface area contributed by atoms with E-state index < -0.39 is 0 Å². The summed E-state index contributed by atoms with van der Waals surface area (Å²) in [4.78, 5) is 2.54. The molecular weight excluding hydrogens is 276 g/mol. The van der Waals surface area contributed by atoms with Gasteiger partial charge in [0, 0.05) is 22.7 Å². The van der Waals surface area contributed by atoms with Crippen molar-refractivity contribution in [1.29, 1.82) is 0 Å². The summed E-state index contributed by atoms with van der Waals surface area (Å²) < 4.78 is 1.05. The molecule has 1 fully saturated rings. The molecule has 3 heteroatoms. The summed E-state index contributed by atoms with van der Waals surface area (Å²) >= 11 is 3.45.